The molecular weight excluding hydrogens is 921 g/mol. The minimum absolute atomic E-state index is 0.0387. The van der Waals surface area contributed by atoms with Gasteiger partial charge in [0.25, 0.3) is 5.82 Å². The number of amides is 2. The van der Waals surface area contributed by atoms with Gasteiger partial charge in [0.2, 0.25) is 0 Å². The van der Waals surface area contributed by atoms with Crippen molar-refractivity contribution < 1.29 is 23.4 Å². The first kappa shape index (κ1) is 48.4. The molecule has 18 nitrogen and oxygen atoms in total. The maximum Gasteiger partial charge on any atom is 0.400 e. The molecule has 2 amide bonds. The smallest absolute Gasteiger partial charge is 0.341 e. The molecule has 0 spiro atoms. The van der Waals surface area contributed by atoms with E-state index in [2.05, 4.69) is 97.0 Å². The van der Waals surface area contributed by atoms with Gasteiger partial charge in [0.1, 0.15) is 41.5 Å². The van der Waals surface area contributed by atoms with Gasteiger partial charge < -0.3 is 25.8 Å². The summed E-state index contributed by atoms with van der Waals surface area (Å²) in [5.74, 6) is 2.59. The van der Waals surface area contributed by atoms with Crippen LogP contribution in [0.5, 0.6) is 0 Å². The Hall–Kier alpha value is -8.28. The Bertz CT molecular complexity index is 3380. The number of hydrogen-bond acceptors (Lipinski definition) is 15. The van der Waals surface area contributed by atoms with Crippen LogP contribution in [0.3, 0.4) is 0 Å². The summed E-state index contributed by atoms with van der Waals surface area (Å²) in [5.41, 5.74) is 9.18. The van der Waals surface area contributed by atoms with Gasteiger partial charge in [0.15, 0.2) is 5.82 Å². The zero-order valence-corrected chi connectivity index (χ0v) is 42.5. The average Bonchev–Trinajstić information content (AvgIpc) is 4.17. The molecule has 0 bridgehead atoms. The van der Waals surface area contributed by atoms with E-state index in [9.17, 15) is 9.59 Å². The number of aromatic nitrogens is 10. The molecule has 10 rings (SSSR count). The standard InChI is InChI=1S/C55H58N14O4/c1-10-35-11-18-44(56-27-35)65-46-26-43(58-29-60-46)37-13-15-39(32(5)24-37)34(7)62-49(71)51-67-53(55(9)21-22-55)69(73-51)47-41(17-16-40(64-47)30(2)3)63-45-25-42(57-28-59-45)36-12-14-38(31(4)23-36)33(6)61-48(70)50-66-52(68-72-50)54(8)19-20-54/h11-18,23-30,33-34H,10,19-22H2,1-9H3,(H3-,56,57,58,59,60,61,62,63,65,70,71)/p+1/t33-,34-/m1/s1. The van der Waals surface area contributed by atoms with E-state index >= 15 is 0 Å². The van der Waals surface area contributed by atoms with Gasteiger partial charge in [-0.2, -0.15) is 4.98 Å². The van der Waals surface area contributed by atoms with Crippen LogP contribution < -0.4 is 26.0 Å². The fraction of sp³-hybridized carbons (Fsp3) is 0.345. The van der Waals surface area contributed by atoms with Crippen LogP contribution in [0.4, 0.5) is 23.1 Å². The maximum atomic E-state index is 14.1. The summed E-state index contributed by atoms with van der Waals surface area (Å²) in [6.45, 7) is 18.3. The van der Waals surface area contributed by atoms with E-state index in [-0.39, 0.29) is 40.6 Å². The van der Waals surface area contributed by atoms with Gasteiger partial charge in [-0.05, 0) is 130 Å². The molecule has 18 heteroatoms. The number of carbonyl (C=O) groups is 2. The molecule has 8 aromatic rings. The van der Waals surface area contributed by atoms with Gasteiger partial charge in [-0.1, -0.05) is 68.2 Å². The lowest BCUT2D eigenvalue weighted by Crippen LogP contribution is -2.38. The second kappa shape index (κ2) is 19.4. The van der Waals surface area contributed by atoms with Gasteiger partial charge in [0, 0.05) is 40.8 Å². The fourth-order valence-electron chi connectivity index (χ4n) is 8.79. The molecular formula is C55H59N14O4+. The van der Waals surface area contributed by atoms with Crippen molar-refractivity contribution >= 4 is 35.0 Å². The van der Waals surface area contributed by atoms with E-state index in [0.29, 0.717) is 46.3 Å². The van der Waals surface area contributed by atoms with Gasteiger partial charge in [-0.25, -0.2) is 24.9 Å². The molecule has 2 atom stereocenters. The Morgan fingerprint density at radius 2 is 1.26 bits per heavy atom. The molecule has 2 saturated carbocycles. The molecule has 0 radical (unpaired) electrons. The summed E-state index contributed by atoms with van der Waals surface area (Å²) >= 11 is 0. The summed E-state index contributed by atoms with van der Waals surface area (Å²) in [4.78, 5) is 64.2. The van der Waals surface area contributed by atoms with Gasteiger partial charge in [-0.3, -0.25) is 14.1 Å². The van der Waals surface area contributed by atoms with Crippen molar-refractivity contribution in [3.8, 4) is 28.3 Å². The van der Waals surface area contributed by atoms with Crippen molar-refractivity contribution in [1.82, 2.24) is 55.7 Å². The van der Waals surface area contributed by atoms with Crippen LogP contribution in [0.25, 0.3) is 28.3 Å². The van der Waals surface area contributed by atoms with E-state index in [4.69, 9.17) is 19.0 Å². The molecule has 6 aromatic heterocycles. The van der Waals surface area contributed by atoms with Crippen LogP contribution in [0.2, 0.25) is 0 Å². The highest BCUT2D eigenvalue weighted by atomic mass is 16.5. The third kappa shape index (κ3) is 10.3. The molecule has 372 valence electrons. The van der Waals surface area contributed by atoms with Gasteiger partial charge in [0.05, 0.1) is 28.9 Å². The minimum Gasteiger partial charge on any atom is -0.341 e. The van der Waals surface area contributed by atoms with E-state index in [0.717, 1.165) is 82.4 Å². The maximum absolute atomic E-state index is 14.1. The van der Waals surface area contributed by atoms with Crippen molar-refractivity contribution in [2.24, 2.45) is 0 Å². The van der Waals surface area contributed by atoms with Crippen molar-refractivity contribution in [2.75, 3.05) is 10.6 Å². The molecule has 0 aliphatic heterocycles. The van der Waals surface area contributed by atoms with Crippen LogP contribution in [0.15, 0.2) is 101 Å². The first-order chi connectivity index (χ1) is 35.1. The second-order valence-corrected chi connectivity index (χ2v) is 20.2. The number of hydrogen-bond donors (Lipinski definition) is 4. The largest absolute Gasteiger partial charge is 0.400 e. The molecule has 0 unspecified atom stereocenters. The summed E-state index contributed by atoms with van der Waals surface area (Å²) in [7, 11) is 0. The Kier molecular flexibility index (Phi) is 12.8. The van der Waals surface area contributed by atoms with Gasteiger partial charge >= 0.3 is 29.4 Å². The molecule has 73 heavy (non-hydrogen) atoms. The SMILES string of the molecule is CCc1ccc(Nc2cc(-c3ccc([C@@H](C)NC(=O)c4nc(C5(C)CC5)[n+](-c5nc(C(C)C)ccc5Nc5cc(-c6ccc([C@@H](C)NC(=O)c7nc(C8(C)CC8)no7)c(C)c6)ncn5)o4)c(C)c3)ncn2)nc1. The Morgan fingerprint density at radius 3 is 1.81 bits per heavy atom. The van der Waals surface area contributed by atoms with Crippen LogP contribution in [-0.4, -0.2) is 56.8 Å². The summed E-state index contributed by atoms with van der Waals surface area (Å²) in [6.07, 6.45) is 9.52. The molecule has 0 saturated heterocycles. The van der Waals surface area contributed by atoms with E-state index in [1.165, 1.54) is 12.7 Å². The van der Waals surface area contributed by atoms with Crippen LogP contribution >= 0.6 is 0 Å². The topological polar surface area (TPSA) is 228 Å². The number of rotatable bonds is 17. The highest BCUT2D eigenvalue weighted by molar-refractivity contribution is 5.90. The van der Waals surface area contributed by atoms with Crippen molar-refractivity contribution in [3.63, 3.8) is 0 Å². The quantitative estimate of drug-likeness (QED) is 0.0622. The number of nitrogens with zero attached hydrogens (tertiary/aromatic N) is 10. The molecule has 2 fully saturated rings. The molecule has 6 heterocycles. The predicted molar refractivity (Wildman–Crippen MR) is 274 cm³/mol. The normalized spacial score (nSPS) is 15.1. The van der Waals surface area contributed by atoms with E-state index in [1.807, 2.05) is 101 Å². The lowest BCUT2D eigenvalue weighted by Gasteiger charge is -2.16. The first-order valence-electron chi connectivity index (χ1n) is 24.8. The Balaban J connectivity index is 0.859. The van der Waals surface area contributed by atoms with Crippen LogP contribution in [-0.2, 0) is 17.3 Å². The number of carbonyl (C=O) groups excluding carboxylic acids is 2. The zero-order chi connectivity index (χ0) is 51.2. The average molecular weight is 980 g/mol. The Labute approximate surface area is 423 Å². The van der Waals surface area contributed by atoms with Crippen molar-refractivity contribution in [2.45, 2.75) is 123 Å². The summed E-state index contributed by atoms with van der Waals surface area (Å²) < 4.78 is 13.3. The monoisotopic (exact) mass is 979 g/mol. The third-order valence-corrected chi connectivity index (χ3v) is 14.0. The van der Waals surface area contributed by atoms with E-state index < -0.39 is 11.8 Å². The molecule has 2 aliphatic rings. The first-order valence-corrected chi connectivity index (χ1v) is 24.8. The third-order valence-electron chi connectivity index (χ3n) is 14.0. The van der Waals surface area contributed by atoms with Crippen molar-refractivity contribution in [3.05, 3.63) is 149 Å². The Morgan fingerprint density at radius 1 is 0.658 bits per heavy atom. The zero-order valence-electron chi connectivity index (χ0n) is 42.5. The fourth-order valence-corrected chi connectivity index (χ4v) is 8.79. The second-order valence-electron chi connectivity index (χ2n) is 20.2. The molecule has 2 aliphatic carbocycles. The van der Waals surface area contributed by atoms with Crippen molar-refractivity contribution in [1.29, 1.82) is 0 Å². The lowest BCUT2D eigenvalue weighted by molar-refractivity contribution is -0.794. The predicted octanol–water partition coefficient (Wildman–Crippen LogP) is 9.91. The van der Waals surface area contributed by atoms with E-state index in [1.54, 1.807) is 4.74 Å². The number of aryl methyl sites for hydroxylation is 3. The molecule has 4 N–H and O–H groups in total. The number of anilines is 4. The number of pyridine rings is 2. The lowest BCUT2D eigenvalue weighted by atomic mass is 9.98. The summed E-state index contributed by atoms with van der Waals surface area (Å²) in [6, 6.07) is 23.0. The van der Waals surface area contributed by atoms with Gasteiger partial charge in [-0.15, -0.1) is 4.98 Å². The minimum atomic E-state index is -0.455. The highest BCUT2D eigenvalue weighted by Crippen LogP contribution is 2.47. The molecule has 2 aromatic carbocycles. The van der Waals surface area contributed by atoms with Crippen LogP contribution in [0.1, 0.15) is 159 Å². The number of benzene rings is 2. The van der Waals surface area contributed by atoms with Crippen LogP contribution in [0, 0.1) is 13.8 Å². The number of nitrogens with one attached hydrogen (secondary N) is 4. The summed E-state index contributed by atoms with van der Waals surface area (Å²) in [5, 5.41) is 16.9. The highest BCUT2D eigenvalue weighted by Gasteiger charge is 2.51.